The predicted molar refractivity (Wildman–Crippen MR) is 78.7 cm³/mol. The molecule has 0 saturated carbocycles. The average Bonchev–Trinajstić information content (AvgIpc) is 2.82. The molecule has 0 N–H and O–H groups in total. The van der Waals surface area contributed by atoms with E-state index in [-0.39, 0.29) is 5.97 Å². The van der Waals surface area contributed by atoms with Crippen LogP contribution in [0.3, 0.4) is 0 Å². The molecule has 98 valence electrons. The Balaban J connectivity index is 1.98. The molecule has 19 heavy (non-hydrogen) atoms. The van der Waals surface area contributed by atoms with Crippen LogP contribution >= 0.6 is 11.8 Å². The van der Waals surface area contributed by atoms with Crippen LogP contribution in [-0.2, 0) is 9.53 Å². The monoisotopic (exact) mass is 273 g/mol. The number of rotatable bonds is 3. The second-order valence-corrected chi connectivity index (χ2v) is 5.40. The zero-order valence-electron chi connectivity index (χ0n) is 10.8. The van der Waals surface area contributed by atoms with E-state index in [1.54, 1.807) is 11.8 Å². The molecule has 0 atom stereocenters. The van der Waals surface area contributed by atoms with Gasteiger partial charge in [0.25, 0.3) is 0 Å². The topological polar surface area (TPSA) is 29.5 Å². The number of thioether (sulfide) groups is 1. The Labute approximate surface area is 116 Å². The minimum absolute atomic E-state index is 0.163. The zero-order valence-corrected chi connectivity index (χ0v) is 11.6. The predicted octanol–water partition coefficient (Wildman–Crippen LogP) is 3.27. The maximum atomic E-state index is 11.7. The fourth-order valence-electron chi connectivity index (χ4n) is 2.38. The van der Waals surface area contributed by atoms with Crippen LogP contribution in [0.25, 0.3) is 10.8 Å². The van der Waals surface area contributed by atoms with Gasteiger partial charge in [-0.15, -0.1) is 11.8 Å². The van der Waals surface area contributed by atoms with Crippen LogP contribution in [0.4, 0.5) is 5.69 Å². The van der Waals surface area contributed by atoms with Gasteiger partial charge >= 0.3 is 5.97 Å². The Hall–Kier alpha value is -1.68. The lowest BCUT2D eigenvalue weighted by atomic mass is 10.1. The molecule has 1 heterocycles. The number of hydrogen-bond donors (Lipinski definition) is 0. The van der Waals surface area contributed by atoms with Gasteiger partial charge in [-0.05, 0) is 18.4 Å². The van der Waals surface area contributed by atoms with E-state index in [0.717, 1.165) is 11.6 Å². The Morgan fingerprint density at radius 2 is 2.16 bits per heavy atom. The molecule has 2 aromatic carbocycles. The second-order valence-electron chi connectivity index (χ2n) is 4.41. The van der Waals surface area contributed by atoms with E-state index in [4.69, 9.17) is 4.74 Å². The van der Waals surface area contributed by atoms with Gasteiger partial charge in [-0.25, -0.2) is 0 Å². The van der Waals surface area contributed by atoms with Crippen LogP contribution in [0.5, 0.6) is 0 Å². The number of carbonyl (C=O) groups is 1. The largest absolute Gasteiger partial charge is 0.465 e. The quantitative estimate of drug-likeness (QED) is 0.803. The summed E-state index contributed by atoms with van der Waals surface area (Å²) in [6.45, 7) is 2.59. The van der Waals surface area contributed by atoms with E-state index in [2.05, 4.69) is 29.2 Å². The molecule has 0 radical (unpaired) electrons. The molecule has 0 aromatic heterocycles. The summed E-state index contributed by atoms with van der Waals surface area (Å²) in [4.78, 5) is 15.0. The number of nitrogens with zero attached hydrogens (tertiary/aromatic N) is 1. The van der Waals surface area contributed by atoms with Crippen molar-refractivity contribution in [1.82, 2.24) is 0 Å². The van der Waals surface area contributed by atoms with Crippen molar-refractivity contribution in [1.29, 1.82) is 0 Å². The van der Waals surface area contributed by atoms with Gasteiger partial charge in [0.1, 0.15) is 6.54 Å². The van der Waals surface area contributed by atoms with E-state index in [0.29, 0.717) is 13.2 Å². The highest BCUT2D eigenvalue weighted by Crippen LogP contribution is 2.43. The Bertz CT molecular complexity index is 627. The van der Waals surface area contributed by atoms with Crippen LogP contribution in [-0.4, -0.2) is 25.0 Å². The first kappa shape index (κ1) is 12.4. The van der Waals surface area contributed by atoms with Crippen molar-refractivity contribution in [2.75, 3.05) is 23.9 Å². The molecular formula is C15H15NO2S. The van der Waals surface area contributed by atoms with Gasteiger partial charge in [0.05, 0.1) is 18.2 Å². The van der Waals surface area contributed by atoms with Crippen molar-refractivity contribution < 1.29 is 9.53 Å². The highest BCUT2D eigenvalue weighted by Gasteiger charge is 2.24. The SMILES string of the molecule is CCOC(=O)CN1CSc2ccc3ccccc3c21. The third-order valence-corrected chi connectivity index (χ3v) is 4.26. The van der Waals surface area contributed by atoms with Gasteiger partial charge in [-0.1, -0.05) is 30.3 Å². The number of ether oxygens (including phenoxy) is 1. The van der Waals surface area contributed by atoms with E-state index < -0.39 is 0 Å². The molecule has 0 amide bonds. The first-order valence-corrected chi connectivity index (χ1v) is 7.33. The molecule has 4 heteroatoms. The number of carbonyl (C=O) groups excluding carboxylic acids is 1. The lowest BCUT2D eigenvalue weighted by Crippen LogP contribution is -2.28. The van der Waals surface area contributed by atoms with Crippen molar-refractivity contribution in [3.63, 3.8) is 0 Å². The van der Waals surface area contributed by atoms with Crippen molar-refractivity contribution in [3.05, 3.63) is 36.4 Å². The summed E-state index contributed by atoms with van der Waals surface area (Å²) in [5.74, 6) is 0.645. The number of anilines is 1. The van der Waals surface area contributed by atoms with Crippen LogP contribution in [0.1, 0.15) is 6.92 Å². The smallest absolute Gasteiger partial charge is 0.325 e. The summed E-state index contributed by atoms with van der Waals surface area (Å²) in [6, 6.07) is 12.5. The highest BCUT2D eigenvalue weighted by atomic mass is 32.2. The van der Waals surface area contributed by atoms with E-state index in [1.165, 1.54) is 15.7 Å². The molecule has 0 saturated heterocycles. The number of fused-ring (bicyclic) bond motifs is 3. The molecule has 0 fully saturated rings. The van der Waals surface area contributed by atoms with E-state index >= 15 is 0 Å². The average molecular weight is 273 g/mol. The summed E-state index contributed by atoms with van der Waals surface area (Å²) in [5.41, 5.74) is 1.16. The van der Waals surface area contributed by atoms with E-state index in [9.17, 15) is 4.79 Å². The summed E-state index contributed by atoms with van der Waals surface area (Å²) < 4.78 is 5.04. The van der Waals surface area contributed by atoms with Crippen LogP contribution in [0, 0.1) is 0 Å². The highest BCUT2D eigenvalue weighted by molar-refractivity contribution is 7.99. The molecule has 0 unspecified atom stereocenters. The molecule has 3 nitrogen and oxygen atoms in total. The number of esters is 1. The lowest BCUT2D eigenvalue weighted by molar-refractivity contribution is -0.141. The van der Waals surface area contributed by atoms with Gasteiger partial charge in [-0.3, -0.25) is 4.79 Å². The van der Waals surface area contributed by atoms with Gasteiger partial charge in [-0.2, -0.15) is 0 Å². The molecule has 1 aliphatic rings. The minimum atomic E-state index is -0.163. The number of hydrogen-bond acceptors (Lipinski definition) is 4. The zero-order chi connectivity index (χ0) is 13.2. The first-order chi connectivity index (χ1) is 9.29. The molecule has 0 spiro atoms. The molecular weight excluding hydrogens is 258 g/mol. The van der Waals surface area contributed by atoms with Crippen molar-refractivity contribution >= 4 is 34.2 Å². The molecule has 2 aromatic rings. The second kappa shape index (κ2) is 5.13. The lowest BCUT2D eigenvalue weighted by Gasteiger charge is -2.18. The maximum absolute atomic E-state index is 11.7. The van der Waals surface area contributed by atoms with Gasteiger partial charge in [0.2, 0.25) is 0 Å². The molecule has 1 aliphatic heterocycles. The summed E-state index contributed by atoms with van der Waals surface area (Å²) in [7, 11) is 0. The van der Waals surface area contributed by atoms with Gasteiger partial charge < -0.3 is 9.64 Å². The van der Waals surface area contributed by atoms with E-state index in [1.807, 2.05) is 19.1 Å². The summed E-state index contributed by atoms with van der Waals surface area (Å²) in [6.07, 6.45) is 0. The maximum Gasteiger partial charge on any atom is 0.325 e. The third-order valence-electron chi connectivity index (χ3n) is 3.18. The Kier molecular flexibility index (Phi) is 3.34. The Morgan fingerprint density at radius 1 is 1.32 bits per heavy atom. The van der Waals surface area contributed by atoms with Crippen LogP contribution < -0.4 is 4.90 Å². The minimum Gasteiger partial charge on any atom is -0.465 e. The normalized spacial score (nSPS) is 13.6. The third kappa shape index (κ3) is 2.28. The standard InChI is InChI=1S/C15H15NO2S/c1-2-18-14(17)9-16-10-19-13-8-7-11-5-3-4-6-12(11)15(13)16/h3-8H,2,9-10H2,1H3. The van der Waals surface area contributed by atoms with Gasteiger partial charge in [0, 0.05) is 10.3 Å². The van der Waals surface area contributed by atoms with Crippen LogP contribution in [0.2, 0.25) is 0 Å². The van der Waals surface area contributed by atoms with Crippen molar-refractivity contribution in [2.24, 2.45) is 0 Å². The Morgan fingerprint density at radius 3 is 3.00 bits per heavy atom. The molecule has 3 rings (SSSR count). The van der Waals surface area contributed by atoms with Crippen molar-refractivity contribution in [2.45, 2.75) is 11.8 Å². The summed E-state index contributed by atoms with van der Waals surface area (Å²) in [5, 5.41) is 2.41. The molecule has 0 bridgehead atoms. The van der Waals surface area contributed by atoms with Crippen molar-refractivity contribution in [3.8, 4) is 0 Å². The summed E-state index contributed by atoms with van der Waals surface area (Å²) >= 11 is 1.77. The fourth-order valence-corrected chi connectivity index (χ4v) is 3.43. The molecule has 0 aliphatic carbocycles. The number of benzene rings is 2. The first-order valence-electron chi connectivity index (χ1n) is 6.34. The fraction of sp³-hybridized carbons (Fsp3) is 0.267. The van der Waals surface area contributed by atoms with Crippen LogP contribution in [0.15, 0.2) is 41.3 Å². The van der Waals surface area contributed by atoms with Gasteiger partial charge in [0.15, 0.2) is 0 Å².